The summed E-state index contributed by atoms with van der Waals surface area (Å²) in [5.41, 5.74) is 0.267. The highest BCUT2D eigenvalue weighted by molar-refractivity contribution is 7.91. The van der Waals surface area contributed by atoms with Gasteiger partial charge in [-0.1, -0.05) is 25.5 Å². The minimum atomic E-state index is -3.40. The number of nitrogens with one attached hydrogen (secondary N) is 1. The summed E-state index contributed by atoms with van der Waals surface area (Å²) in [6.45, 7) is 3.73. The maximum atomic E-state index is 12.7. The molecule has 0 radical (unpaired) electrons. The number of benzene rings is 1. The second-order valence-corrected chi connectivity index (χ2v) is 8.61. The van der Waals surface area contributed by atoms with Crippen LogP contribution in [0.25, 0.3) is 0 Å². The molecule has 0 saturated carbocycles. The van der Waals surface area contributed by atoms with Crippen LogP contribution in [0.4, 0.5) is 0 Å². The molecule has 6 heteroatoms. The van der Waals surface area contributed by atoms with E-state index in [-0.39, 0.29) is 28.2 Å². The molecule has 2 aliphatic rings. The standard InChI is InChI=1S/C17H24N2O3S/c1-2-23(21,22)16-9-4-3-7-13(16)17(20)18-14-10-12-19-11-6-5-8-15(14)19/h3-4,7,9,14-15H,2,5-6,8,10-12H2,1H3,(H,18,20). The first-order valence-corrected chi connectivity index (χ1v) is 10.0. The monoisotopic (exact) mass is 336 g/mol. The summed E-state index contributed by atoms with van der Waals surface area (Å²) in [5, 5.41) is 3.09. The van der Waals surface area contributed by atoms with E-state index in [0.29, 0.717) is 6.04 Å². The molecule has 2 unspecified atom stereocenters. The Morgan fingerprint density at radius 1 is 1.22 bits per heavy atom. The lowest BCUT2D eigenvalue weighted by atomic mass is 9.99. The summed E-state index contributed by atoms with van der Waals surface area (Å²) in [5.74, 6) is -0.271. The Labute approximate surface area is 138 Å². The second-order valence-electron chi connectivity index (χ2n) is 6.37. The third kappa shape index (κ3) is 3.28. The summed E-state index contributed by atoms with van der Waals surface area (Å²) in [7, 11) is -3.40. The largest absolute Gasteiger partial charge is 0.348 e. The molecule has 1 amide bonds. The quantitative estimate of drug-likeness (QED) is 0.911. The molecule has 0 aromatic heterocycles. The smallest absolute Gasteiger partial charge is 0.252 e. The molecule has 0 bridgehead atoms. The van der Waals surface area contributed by atoms with Crippen LogP contribution in [-0.2, 0) is 9.84 Å². The lowest BCUT2D eigenvalue weighted by Gasteiger charge is -2.32. The lowest BCUT2D eigenvalue weighted by molar-refractivity contribution is 0.0912. The first-order chi connectivity index (χ1) is 11.0. The molecule has 1 N–H and O–H groups in total. The van der Waals surface area contributed by atoms with Gasteiger partial charge in [-0.15, -0.1) is 0 Å². The number of rotatable bonds is 4. The van der Waals surface area contributed by atoms with Gasteiger partial charge in [0.1, 0.15) is 0 Å². The first-order valence-electron chi connectivity index (χ1n) is 8.39. The summed E-state index contributed by atoms with van der Waals surface area (Å²) >= 11 is 0. The van der Waals surface area contributed by atoms with Gasteiger partial charge in [-0.25, -0.2) is 8.42 Å². The summed E-state index contributed by atoms with van der Waals surface area (Å²) in [4.78, 5) is 15.2. The van der Waals surface area contributed by atoms with E-state index in [1.54, 1.807) is 25.1 Å². The van der Waals surface area contributed by atoms with E-state index in [1.165, 1.54) is 18.9 Å². The fraction of sp³-hybridized carbons (Fsp3) is 0.588. The van der Waals surface area contributed by atoms with Crippen LogP contribution in [0, 0.1) is 0 Å². The number of amides is 1. The van der Waals surface area contributed by atoms with E-state index in [0.717, 1.165) is 25.9 Å². The molecule has 2 fully saturated rings. The number of carbonyl (C=O) groups is 1. The first kappa shape index (κ1) is 16.5. The predicted octanol–water partition coefficient (Wildman–Crippen LogP) is 1.84. The van der Waals surface area contributed by atoms with Crippen molar-refractivity contribution < 1.29 is 13.2 Å². The third-order valence-electron chi connectivity index (χ3n) is 5.02. The van der Waals surface area contributed by atoms with Gasteiger partial charge in [0, 0.05) is 18.6 Å². The Morgan fingerprint density at radius 2 is 2.00 bits per heavy atom. The summed E-state index contributed by atoms with van der Waals surface area (Å²) in [6.07, 6.45) is 4.49. The van der Waals surface area contributed by atoms with Gasteiger partial charge in [-0.05, 0) is 37.9 Å². The van der Waals surface area contributed by atoms with Crippen LogP contribution in [0.2, 0.25) is 0 Å². The van der Waals surface area contributed by atoms with Gasteiger partial charge in [0.25, 0.3) is 5.91 Å². The number of piperidine rings is 1. The molecule has 2 heterocycles. The van der Waals surface area contributed by atoms with Crippen molar-refractivity contribution in [2.75, 3.05) is 18.8 Å². The van der Waals surface area contributed by atoms with Crippen LogP contribution < -0.4 is 5.32 Å². The van der Waals surface area contributed by atoms with Crippen LogP contribution in [0.3, 0.4) is 0 Å². The second kappa shape index (κ2) is 6.61. The van der Waals surface area contributed by atoms with Crippen molar-refractivity contribution in [3.8, 4) is 0 Å². The molecule has 1 aromatic carbocycles. The molecule has 126 valence electrons. The molecular formula is C17H24N2O3S. The van der Waals surface area contributed by atoms with Gasteiger partial charge in [0.15, 0.2) is 9.84 Å². The van der Waals surface area contributed by atoms with Crippen LogP contribution in [-0.4, -0.2) is 50.2 Å². The summed E-state index contributed by atoms with van der Waals surface area (Å²) < 4.78 is 24.4. The number of sulfone groups is 1. The molecule has 2 atom stereocenters. The number of fused-ring (bicyclic) bond motifs is 1. The van der Waals surface area contributed by atoms with E-state index in [4.69, 9.17) is 0 Å². The van der Waals surface area contributed by atoms with Crippen LogP contribution in [0.15, 0.2) is 29.2 Å². The van der Waals surface area contributed by atoms with E-state index >= 15 is 0 Å². The van der Waals surface area contributed by atoms with Gasteiger partial charge in [0.2, 0.25) is 0 Å². The van der Waals surface area contributed by atoms with Crippen LogP contribution >= 0.6 is 0 Å². The highest BCUT2D eigenvalue weighted by Crippen LogP contribution is 2.27. The molecule has 1 aromatic rings. The third-order valence-corrected chi connectivity index (χ3v) is 6.81. The average molecular weight is 336 g/mol. The Bertz CT molecular complexity index is 687. The van der Waals surface area contributed by atoms with E-state index < -0.39 is 9.84 Å². The van der Waals surface area contributed by atoms with Crippen molar-refractivity contribution in [3.05, 3.63) is 29.8 Å². The van der Waals surface area contributed by atoms with Gasteiger partial charge < -0.3 is 5.32 Å². The van der Waals surface area contributed by atoms with Crippen molar-refractivity contribution in [1.82, 2.24) is 10.2 Å². The zero-order chi connectivity index (χ0) is 16.4. The Hall–Kier alpha value is -1.40. The Balaban J connectivity index is 1.79. The molecular weight excluding hydrogens is 312 g/mol. The fourth-order valence-corrected chi connectivity index (χ4v) is 4.84. The van der Waals surface area contributed by atoms with Crippen molar-refractivity contribution in [2.24, 2.45) is 0 Å². The SMILES string of the molecule is CCS(=O)(=O)c1ccccc1C(=O)NC1CCN2CCCCC12. The molecule has 5 nitrogen and oxygen atoms in total. The van der Waals surface area contributed by atoms with Crippen LogP contribution in [0.1, 0.15) is 43.0 Å². The predicted molar refractivity (Wildman–Crippen MR) is 89.3 cm³/mol. The van der Waals surface area contributed by atoms with Crippen molar-refractivity contribution >= 4 is 15.7 Å². The maximum absolute atomic E-state index is 12.7. The van der Waals surface area contributed by atoms with Crippen molar-refractivity contribution in [3.63, 3.8) is 0 Å². The Kier molecular flexibility index (Phi) is 4.73. The lowest BCUT2D eigenvalue weighted by Crippen LogP contribution is -2.47. The van der Waals surface area contributed by atoms with Gasteiger partial charge >= 0.3 is 0 Å². The van der Waals surface area contributed by atoms with Gasteiger partial charge in [0.05, 0.1) is 16.2 Å². The molecule has 23 heavy (non-hydrogen) atoms. The number of carbonyl (C=O) groups excluding carboxylic acids is 1. The summed E-state index contributed by atoms with van der Waals surface area (Å²) in [6, 6.07) is 7.03. The maximum Gasteiger partial charge on any atom is 0.252 e. The molecule has 0 spiro atoms. The molecule has 2 saturated heterocycles. The van der Waals surface area contributed by atoms with Gasteiger partial charge in [-0.2, -0.15) is 0 Å². The molecule has 0 aliphatic carbocycles. The number of hydrogen-bond acceptors (Lipinski definition) is 4. The number of hydrogen-bond donors (Lipinski definition) is 1. The number of nitrogens with zero attached hydrogens (tertiary/aromatic N) is 1. The van der Waals surface area contributed by atoms with E-state index in [1.807, 2.05) is 0 Å². The zero-order valence-corrected chi connectivity index (χ0v) is 14.3. The van der Waals surface area contributed by atoms with Crippen molar-refractivity contribution in [2.45, 2.75) is 49.6 Å². The minimum Gasteiger partial charge on any atom is -0.348 e. The zero-order valence-electron chi connectivity index (χ0n) is 13.5. The molecule has 2 aliphatic heterocycles. The van der Waals surface area contributed by atoms with Crippen molar-refractivity contribution in [1.29, 1.82) is 0 Å². The van der Waals surface area contributed by atoms with Crippen LogP contribution in [0.5, 0.6) is 0 Å². The fourth-order valence-electron chi connectivity index (χ4n) is 3.74. The highest BCUT2D eigenvalue weighted by atomic mass is 32.2. The van der Waals surface area contributed by atoms with Gasteiger partial charge in [-0.3, -0.25) is 9.69 Å². The average Bonchev–Trinajstić information content (AvgIpc) is 2.98. The normalized spacial score (nSPS) is 25.1. The Morgan fingerprint density at radius 3 is 2.78 bits per heavy atom. The highest BCUT2D eigenvalue weighted by Gasteiger charge is 2.36. The topological polar surface area (TPSA) is 66.5 Å². The molecule has 3 rings (SSSR count). The minimum absolute atomic E-state index is 0.00285. The van der Waals surface area contributed by atoms with E-state index in [9.17, 15) is 13.2 Å². The van der Waals surface area contributed by atoms with E-state index in [2.05, 4.69) is 10.2 Å².